The van der Waals surface area contributed by atoms with E-state index in [0.717, 1.165) is 12.1 Å². The number of hydrogen-bond donors (Lipinski definition) is 0. The molecule has 1 aliphatic heterocycles. The molecule has 11 heteroatoms. The molecule has 0 atom stereocenters. The normalized spacial score (nSPS) is 13.6. The van der Waals surface area contributed by atoms with Gasteiger partial charge in [0.25, 0.3) is 11.4 Å². The molecule has 0 unspecified atom stereocenters. The van der Waals surface area contributed by atoms with Crippen molar-refractivity contribution in [3.63, 3.8) is 0 Å². The van der Waals surface area contributed by atoms with Crippen LogP contribution < -0.4 is 4.74 Å². The van der Waals surface area contributed by atoms with E-state index in [9.17, 15) is 25.0 Å². The number of nitro groups is 2. The average molecular weight is 431 g/mol. The summed E-state index contributed by atoms with van der Waals surface area (Å²) >= 11 is 5.53. The summed E-state index contributed by atoms with van der Waals surface area (Å²) in [5.74, 6) is -0.802. The predicted molar refractivity (Wildman–Crippen MR) is 110 cm³/mol. The fraction of sp³-hybridized carbons (Fsp3) is 0.263. The summed E-state index contributed by atoms with van der Waals surface area (Å²) in [6.07, 6.45) is 0. The molecule has 2 aromatic carbocycles. The minimum Gasteiger partial charge on any atom is -0.422 e. The molecule has 3 rings (SSSR count). The minimum atomic E-state index is -0.960. The van der Waals surface area contributed by atoms with Gasteiger partial charge < -0.3 is 14.4 Å². The zero-order valence-corrected chi connectivity index (χ0v) is 16.7. The number of ether oxygens (including phenoxy) is 2. The smallest absolute Gasteiger partial charge is 0.344 e. The van der Waals surface area contributed by atoms with Gasteiger partial charge in [-0.15, -0.1) is 0 Å². The van der Waals surface area contributed by atoms with Crippen LogP contribution in [-0.2, 0) is 4.74 Å². The molecule has 1 heterocycles. The molecule has 0 spiro atoms. The van der Waals surface area contributed by atoms with Crippen molar-refractivity contribution in [2.24, 2.45) is 0 Å². The molecule has 1 fully saturated rings. The number of carbonyl (C=O) groups is 1. The van der Waals surface area contributed by atoms with E-state index in [2.05, 4.69) is 0 Å². The van der Waals surface area contributed by atoms with E-state index in [-0.39, 0.29) is 16.9 Å². The van der Waals surface area contributed by atoms with Gasteiger partial charge in [-0.25, -0.2) is 4.79 Å². The Labute approximate surface area is 176 Å². The Bertz CT molecular complexity index is 1000. The summed E-state index contributed by atoms with van der Waals surface area (Å²) < 4.78 is 10.7. The molecule has 0 aromatic heterocycles. The maximum absolute atomic E-state index is 12.7. The molecule has 10 nitrogen and oxygen atoms in total. The highest BCUT2D eigenvalue weighted by Crippen LogP contribution is 2.30. The second kappa shape index (κ2) is 8.93. The lowest BCUT2D eigenvalue weighted by Crippen LogP contribution is -2.40. The zero-order chi connectivity index (χ0) is 21.8. The highest BCUT2D eigenvalue weighted by Gasteiger charge is 2.27. The van der Waals surface area contributed by atoms with Gasteiger partial charge in [0.1, 0.15) is 16.3 Å². The summed E-state index contributed by atoms with van der Waals surface area (Å²) in [6, 6.07) is 8.55. The first-order valence-corrected chi connectivity index (χ1v) is 9.32. The van der Waals surface area contributed by atoms with Gasteiger partial charge in [0.15, 0.2) is 0 Å². The van der Waals surface area contributed by atoms with Crippen LogP contribution in [-0.4, -0.2) is 52.0 Å². The fourth-order valence-electron chi connectivity index (χ4n) is 3.01. The van der Waals surface area contributed by atoms with E-state index in [1.807, 2.05) is 4.90 Å². The largest absolute Gasteiger partial charge is 0.422 e. The fourth-order valence-corrected chi connectivity index (χ4v) is 3.36. The zero-order valence-electron chi connectivity index (χ0n) is 15.9. The second-order valence-electron chi connectivity index (χ2n) is 6.44. The van der Waals surface area contributed by atoms with Crippen molar-refractivity contribution >= 4 is 34.6 Å². The quantitative estimate of drug-likeness (QED) is 0.231. The molecule has 0 N–H and O–H groups in total. The van der Waals surface area contributed by atoms with Crippen molar-refractivity contribution in [1.82, 2.24) is 4.90 Å². The molecule has 156 valence electrons. The van der Waals surface area contributed by atoms with Crippen LogP contribution in [0.5, 0.6) is 5.75 Å². The van der Waals surface area contributed by atoms with Crippen molar-refractivity contribution in [3.8, 4) is 5.75 Å². The Morgan fingerprint density at radius 1 is 1.10 bits per heavy atom. The topological polar surface area (TPSA) is 125 Å². The van der Waals surface area contributed by atoms with Gasteiger partial charge in [-0.1, -0.05) is 24.4 Å². The van der Waals surface area contributed by atoms with Crippen molar-refractivity contribution in [2.75, 3.05) is 26.3 Å². The predicted octanol–water partition coefficient (Wildman–Crippen LogP) is 3.04. The molecule has 0 bridgehead atoms. The summed E-state index contributed by atoms with van der Waals surface area (Å²) in [5, 5.41) is 22.5. The van der Waals surface area contributed by atoms with Gasteiger partial charge in [0.05, 0.1) is 34.2 Å². The monoisotopic (exact) mass is 431 g/mol. The lowest BCUT2D eigenvalue weighted by atomic mass is 10.1. The lowest BCUT2D eigenvalue weighted by Gasteiger charge is -2.29. The van der Waals surface area contributed by atoms with Crippen LogP contribution in [0.4, 0.5) is 11.4 Å². The van der Waals surface area contributed by atoms with Crippen LogP contribution in [0, 0.1) is 27.2 Å². The second-order valence-corrected chi connectivity index (χ2v) is 6.83. The molecule has 30 heavy (non-hydrogen) atoms. The van der Waals surface area contributed by atoms with Crippen LogP contribution >= 0.6 is 12.2 Å². The van der Waals surface area contributed by atoms with Crippen molar-refractivity contribution in [3.05, 3.63) is 73.3 Å². The maximum Gasteiger partial charge on any atom is 0.344 e. The Morgan fingerprint density at radius 2 is 1.67 bits per heavy atom. The van der Waals surface area contributed by atoms with Gasteiger partial charge in [-0.3, -0.25) is 20.2 Å². The first-order chi connectivity index (χ1) is 14.3. The van der Waals surface area contributed by atoms with Crippen LogP contribution in [0.15, 0.2) is 36.4 Å². The van der Waals surface area contributed by atoms with Crippen LogP contribution in [0.2, 0.25) is 0 Å². The number of nitrogens with zero attached hydrogens (tertiary/aromatic N) is 3. The highest BCUT2D eigenvalue weighted by molar-refractivity contribution is 7.80. The Balaban J connectivity index is 1.93. The molecular formula is C19H17N3O7S. The number of morpholine rings is 1. The van der Waals surface area contributed by atoms with Gasteiger partial charge in [0.2, 0.25) is 0 Å². The molecule has 0 saturated carbocycles. The van der Waals surface area contributed by atoms with Crippen molar-refractivity contribution in [1.29, 1.82) is 0 Å². The standard InChI is InChI=1S/C19H17N3O7S/c1-12-15(21(24)25)10-13(11-16(12)22(26)27)19(23)29-17-5-3-2-4-14(17)18(30)20-6-8-28-9-7-20/h2-5,10-11H,6-9H2,1H3. The van der Waals surface area contributed by atoms with E-state index in [0.29, 0.717) is 36.9 Å². The summed E-state index contributed by atoms with van der Waals surface area (Å²) in [7, 11) is 0. The SMILES string of the molecule is Cc1c([N+](=O)[O-])cc(C(=O)Oc2ccccc2C(=S)N2CCOCC2)cc1[N+](=O)[O-]. The molecular weight excluding hydrogens is 414 g/mol. The molecule has 2 aromatic rings. The Kier molecular flexibility index (Phi) is 6.33. The van der Waals surface area contributed by atoms with Crippen LogP contribution in [0.3, 0.4) is 0 Å². The van der Waals surface area contributed by atoms with E-state index in [4.69, 9.17) is 21.7 Å². The van der Waals surface area contributed by atoms with Crippen molar-refractivity contribution < 1.29 is 24.1 Å². The van der Waals surface area contributed by atoms with E-state index < -0.39 is 27.2 Å². The third kappa shape index (κ3) is 4.42. The van der Waals surface area contributed by atoms with Gasteiger partial charge in [0, 0.05) is 25.2 Å². The third-order valence-corrected chi connectivity index (χ3v) is 5.08. The first-order valence-electron chi connectivity index (χ1n) is 8.91. The van der Waals surface area contributed by atoms with Gasteiger partial charge >= 0.3 is 5.97 Å². The van der Waals surface area contributed by atoms with Crippen molar-refractivity contribution in [2.45, 2.75) is 6.92 Å². The van der Waals surface area contributed by atoms with E-state index in [1.165, 1.54) is 13.0 Å². The average Bonchev–Trinajstić information content (AvgIpc) is 2.74. The summed E-state index contributed by atoms with van der Waals surface area (Å²) in [4.78, 5) is 36.0. The maximum atomic E-state index is 12.7. The molecule has 0 amide bonds. The number of carbonyl (C=O) groups excluding carboxylic acids is 1. The Hall–Kier alpha value is -3.44. The first kappa shape index (κ1) is 21.3. The van der Waals surface area contributed by atoms with Gasteiger partial charge in [-0.2, -0.15) is 0 Å². The number of nitro benzene ring substituents is 2. The van der Waals surface area contributed by atoms with Crippen LogP contribution in [0.25, 0.3) is 0 Å². The number of para-hydroxylation sites is 1. The molecule has 0 radical (unpaired) electrons. The Morgan fingerprint density at radius 3 is 2.23 bits per heavy atom. The molecule has 1 saturated heterocycles. The van der Waals surface area contributed by atoms with Crippen LogP contribution in [0.1, 0.15) is 21.5 Å². The molecule has 1 aliphatic rings. The van der Waals surface area contributed by atoms with E-state index >= 15 is 0 Å². The number of rotatable bonds is 5. The summed E-state index contributed by atoms with van der Waals surface area (Å²) in [5.41, 5.74) is -1.01. The minimum absolute atomic E-state index is 0.143. The third-order valence-electron chi connectivity index (χ3n) is 4.60. The highest BCUT2D eigenvalue weighted by atomic mass is 32.1. The number of thiocarbonyl (C=S) groups is 1. The van der Waals surface area contributed by atoms with Gasteiger partial charge in [-0.05, 0) is 19.1 Å². The number of esters is 1. The lowest BCUT2D eigenvalue weighted by molar-refractivity contribution is -0.395. The van der Waals surface area contributed by atoms with E-state index in [1.54, 1.807) is 18.2 Å². The number of hydrogen-bond acceptors (Lipinski definition) is 8. The number of benzene rings is 2. The summed E-state index contributed by atoms with van der Waals surface area (Å²) in [6.45, 7) is 3.49. The molecule has 0 aliphatic carbocycles.